The lowest BCUT2D eigenvalue weighted by molar-refractivity contribution is 0.472. The summed E-state index contributed by atoms with van der Waals surface area (Å²) in [6.07, 6.45) is 1.44. The minimum atomic E-state index is -0.645. The quantitative estimate of drug-likeness (QED) is 0.579. The minimum Gasteiger partial charge on any atom is -0.508 e. The Morgan fingerprint density at radius 3 is 2.91 bits per heavy atom. The van der Waals surface area contributed by atoms with Gasteiger partial charge in [-0.1, -0.05) is 11.6 Å². The summed E-state index contributed by atoms with van der Waals surface area (Å²) in [5.41, 5.74) is 1.02. The maximum absolute atomic E-state index is 14.0. The zero-order valence-corrected chi connectivity index (χ0v) is 12.3. The molecule has 3 aromatic rings. The number of benzene rings is 1. The monoisotopic (exact) mass is 319 g/mol. The molecule has 3 rings (SSSR count). The highest BCUT2D eigenvalue weighted by atomic mass is 35.5. The van der Waals surface area contributed by atoms with E-state index in [9.17, 15) is 14.3 Å². The summed E-state index contributed by atoms with van der Waals surface area (Å²) in [4.78, 5) is 15.8. The van der Waals surface area contributed by atoms with Gasteiger partial charge in [-0.2, -0.15) is 0 Å². The van der Waals surface area contributed by atoms with Crippen molar-refractivity contribution in [3.63, 3.8) is 0 Å². The smallest absolute Gasteiger partial charge is 0.340 e. The second-order valence-electron chi connectivity index (χ2n) is 4.93. The highest BCUT2D eigenvalue weighted by Gasteiger charge is 2.15. The third kappa shape index (κ3) is 2.44. The number of nitrogens with zero attached hydrogens (tertiary/aromatic N) is 1. The van der Waals surface area contributed by atoms with Crippen LogP contribution >= 0.6 is 11.6 Å². The van der Waals surface area contributed by atoms with E-state index in [1.807, 2.05) is 0 Å². The largest absolute Gasteiger partial charge is 0.508 e. The molecule has 0 amide bonds. The number of hydrogen-bond donors (Lipinski definition) is 1. The molecule has 112 valence electrons. The molecule has 6 heteroatoms. The molecule has 0 bridgehead atoms. The van der Waals surface area contributed by atoms with Gasteiger partial charge in [0.15, 0.2) is 11.0 Å². The lowest BCUT2D eigenvalue weighted by Crippen LogP contribution is -2.11. The van der Waals surface area contributed by atoms with E-state index in [1.165, 1.54) is 24.4 Å². The van der Waals surface area contributed by atoms with Crippen LogP contribution in [0.3, 0.4) is 0 Å². The topological polar surface area (TPSA) is 63.3 Å². The molecule has 0 saturated carbocycles. The molecule has 1 aromatic carbocycles. The van der Waals surface area contributed by atoms with Crippen molar-refractivity contribution in [3.8, 4) is 5.75 Å². The second-order valence-corrected chi connectivity index (χ2v) is 5.28. The molecule has 1 N–H and O–H groups in total. The van der Waals surface area contributed by atoms with Crippen LogP contribution in [-0.4, -0.2) is 10.1 Å². The molecule has 2 heterocycles. The first-order chi connectivity index (χ1) is 10.5. The van der Waals surface area contributed by atoms with Gasteiger partial charge in [0.05, 0.1) is 0 Å². The van der Waals surface area contributed by atoms with Crippen molar-refractivity contribution in [1.29, 1.82) is 0 Å². The molecule has 2 aromatic heterocycles. The Bertz CT molecular complexity index is 937. The van der Waals surface area contributed by atoms with Gasteiger partial charge in [0, 0.05) is 29.6 Å². The predicted octanol–water partition coefficient (Wildman–Crippen LogP) is 3.59. The number of fused-ring (bicyclic) bond motifs is 1. The molecule has 0 aliphatic carbocycles. The average Bonchev–Trinajstić information content (AvgIpc) is 2.47. The van der Waals surface area contributed by atoms with E-state index >= 15 is 0 Å². The van der Waals surface area contributed by atoms with Crippen molar-refractivity contribution < 1.29 is 13.9 Å². The number of rotatable bonds is 2. The maximum atomic E-state index is 14.0. The summed E-state index contributed by atoms with van der Waals surface area (Å²) in [6.45, 7) is 1.76. The summed E-state index contributed by atoms with van der Waals surface area (Å²) in [7, 11) is 0. The molecule has 22 heavy (non-hydrogen) atoms. The van der Waals surface area contributed by atoms with E-state index in [2.05, 4.69) is 4.98 Å². The average molecular weight is 320 g/mol. The van der Waals surface area contributed by atoms with Crippen molar-refractivity contribution in [1.82, 2.24) is 4.98 Å². The van der Waals surface area contributed by atoms with Crippen LogP contribution in [0, 0.1) is 12.7 Å². The van der Waals surface area contributed by atoms with Gasteiger partial charge < -0.3 is 9.52 Å². The predicted molar refractivity (Wildman–Crippen MR) is 80.9 cm³/mol. The Kier molecular flexibility index (Phi) is 3.58. The summed E-state index contributed by atoms with van der Waals surface area (Å²) >= 11 is 5.66. The zero-order chi connectivity index (χ0) is 15.9. The molecule has 0 aliphatic rings. The summed E-state index contributed by atoms with van der Waals surface area (Å²) < 4.78 is 19.2. The first kappa shape index (κ1) is 14.5. The van der Waals surface area contributed by atoms with Gasteiger partial charge in [-0.3, -0.25) is 0 Å². The molecule has 0 unspecified atom stereocenters. The summed E-state index contributed by atoms with van der Waals surface area (Å²) in [5.74, 6) is -0.636. The molecular weight excluding hydrogens is 309 g/mol. The van der Waals surface area contributed by atoms with Crippen molar-refractivity contribution in [2.75, 3.05) is 0 Å². The van der Waals surface area contributed by atoms with Crippen LogP contribution < -0.4 is 5.63 Å². The van der Waals surface area contributed by atoms with Gasteiger partial charge in [0.2, 0.25) is 0 Å². The van der Waals surface area contributed by atoms with Crippen molar-refractivity contribution in [2.24, 2.45) is 0 Å². The fourth-order valence-electron chi connectivity index (χ4n) is 2.37. The van der Waals surface area contributed by atoms with Crippen LogP contribution in [0.5, 0.6) is 5.75 Å². The van der Waals surface area contributed by atoms with Crippen molar-refractivity contribution in [3.05, 3.63) is 68.5 Å². The zero-order valence-electron chi connectivity index (χ0n) is 11.6. The van der Waals surface area contributed by atoms with E-state index in [0.29, 0.717) is 22.1 Å². The number of pyridine rings is 1. The van der Waals surface area contributed by atoms with Gasteiger partial charge in [-0.25, -0.2) is 14.2 Å². The Hall–Kier alpha value is -2.40. The van der Waals surface area contributed by atoms with E-state index in [1.54, 1.807) is 13.0 Å². The number of phenolic OH excluding ortho intramolecular Hbond substituents is 1. The van der Waals surface area contributed by atoms with Gasteiger partial charge in [0.1, 0.15) is 11.3 Å². The SMILES string of the molecule is Cc1c(Cc2ccnc(Cl)c2F)c(=O)oc2cc(O)ccc12. The van der Waals surface area contributed by atoms with Crippen LogP contribution in [0.25, 0.3) is 11.0 Å². The molecule has 0 aliphatic heterocycles. The molecular formula is C16H11ClFNO3. The standard InChI is InChI=1S/C16H11ClFNO3/c1-8-11-3-2-10(20)7-13(11)22-16(21)12(8)6-9-4-5-19-15(17)14(9)18/h2-5,7,20H,6H2,1H3. The lowest BCUT2D eigenvalue weighted by atomic mass is 10.00. The highest BCUT2D eigenvalue weighted by Crippen LogP contribution is 2.25. The third-order valence-corrected chi connectivity index (χ3v) is 3.83. The molecule has 0 atom stereocenters. The Balaban J connectivity index is 2.17. The Labute approximate surface area is 129 Å². The summed E-state index contributed by atoms with van der Waals surface area (Å²) in [6, 6.07) is 6.00. The number of aromatic hydroxyl groups is 1. The molecule has 0 saturated heterocycles. The van der Waals surface area contributed by atoms with Crippen LogP contribution in [0.2, 0.25) is 5.15 Å². The van der Waals surface area contributed by atoms with E-state index in [-0.39, 0.29) is 22.9 Å². The number of halogens is 2. The fourth-order valence-corrected chi connectivity index (χ4v) is 2.55. The number of hydrogen-bond acceptors (Lipinski definition) is 4. The Morgan fingerprint density at radius 1 is 1.36 bits per heavy atom. The van der Waals surface area contributed by atoms with Crippen molar-refractivity contribution >= 4 is 22.6 Å². The fraction of sp³-hybridized carbons (Fsp3) is 0.125. The first-order valence-electron chi connectivity index (χ1n) is 6.51. The normalized spacial score (nSPS) is 11.0. The molecule has 4 nitrogen and oxygen atoms in total. The first-order valence-corrected chi connectivity index (χ1v) is 6.89. The molecule has 0 spiro atoms. The van der Waals surface area contributed by atoms with Gasteiger partial charge in [-0.05, 0) is 36.2 Å². The summed E-state index contributed by atoms with van der Waals surface area (Å²) in [5, 5.41) is 9.91. The van der Waals surface area contributed by atoms with Crippen LogP contribution in [0.15, 0.2) is 39.7 Å². The highest BCUT2D eigenvalue weighted by molar-refractivity contribution is 6.29. The number of aryl methyl sites for hydroxylation is 1. The number of aromatic nitrogens is 1. The van der Waals surface area contributed by atoms with Crippen LogP contribution in [-0.2, 0) is 6.42 Å². The second kappa shape index (κ2) is 5.42. The number of phenols is 1. The van der Waals surface area contributed by atoms with Crippen LogP contribution in [0.1, 0.15) is 16.7 Å². The van der Waals surface area contributed by atoms with Crippen molar-refractivity contribution in [2.45, 2.75) is 13.3 Å². The van der Waals surface area contributed by atoms with E-state index < -0.39 is 11.4 Å². The van der Waals surface area contributed by atoms with Gasteiger partial charge in [0.25, 0.3) is 0 Å². The lowest BCUT2D eigenvalue weighted by Gasteiger charge is -2.09. The van der Waals surface area contributed by atoms with Gasteiger partial charge >= 0.3 is 5.63 Å². The minimum absolute atomic E-state index is 0.00904. The van der Waals surface area contributed by atoms with E-state index in [4.69, 9.17) is 16.0 Å². The van der Waals surface area contributed by atoms with E-state index in [0.717, 1.165) is 0 Å². The third-order valence-electron chi connectivity index (χ3n) is 3.56. The maximum Gasteiger partial charge on any atom is 0.340 e. The molecule has 0 fully saturated rings. The Morgan fingerprint density at radius 2 is 2.14 bits per heavy atom. The molecule has 0 radical (unpaired) electrons. The van der Waals surface area contributed by atoms with Gasteiger partial charge in [-0.15, -0.1) is 0 Å². The van der Waals surface area contributed by atoms with Crippen LogP contribution in [0.4, 0.5) is 4.39 Å².